The summed E-state index contributed by atoms with van der Waals surface area (Å²) in [6.45, 7) is 3.13. The van der Waals surface area contributed by atoms with E-state index in [-0.39, 0.29) is 24.6 Å². The molecule has 0 atom stereocenters. The smallest absolute Gasteiger partial charge is 0.311 e. The second kappa shape index (κ2) is 6.80. The summed E-state index contributed by atoms with van der Waals surface area (Å²) in [6.07, 6.45) is 2.36. The standard InChI is InChI=1S/C13H17N5O3/c1-2-5-17-13(15-9-16-17)8-21-12-4-3-10(7-14)6-11(12)18(19)20/h3-4,6,9H,2,5,7-8,14H2,1H3. The molecule has 2 rings (SSSR count). The first-order chi connectivity index (χ1) is 10.2. The van der Waals surface area contributed by atoms with Crippen molar-refractivity contribution in [1.82, 2.24) is 14.8 Å². The molecule has 0 aliphatic rings. The van der Waals surface area contributed by atoms with Crippen molar-refractivity contribution < 1.29 is 9.66 Å². The summed E-state index contributed by atoms with van der Waals surface area (Å²) in [6, 6.07) is 4.69. The zero-order valence-corrected chi connectivity index (χ0v) is 11.7. The fourth-order valence-corrected chi connectivity index (χ4v) is 1.90. The van der Waals surface area contributed by atoms with Gasteiger partial charge in [0.25, 0.3) is 0 Å². The Balaban J connectivity index is 2.15. The van der Waals surface area contributed by atoms with Crippen molar-refractivity contribution in [2.45, 2.75) is 33.0 Å². The van der Waals surface area contributed by atoms with Gasteiger partial charge in [-0.15, -0.1) is 0 Å². The highest BCUT2D eigenvalue weighted by molar-refractivity contribution is 5.48. The van der Waals surface area contributed by atoms with E-state index in [0.717, 1.165) is 13.0 Å². The van der Waals surface area contributed by atoms with E-state index in [2.05, 4.69) is 10.1 Å². The third-order valence-corrected chi connectivity index (χ3v) is 2.94. The summed E-state index contributed by atoms with van der Waals surface area (Å²) < 4.78 is 7.25. The van der Waals surface area contributed by atoms with E-state index in [0.29, 0.717) is 11.4 Å². The number of aryl methyl sites for hydroxylation is 1. The van der Waals surface area contributed by atoms with Crippen LogP contribution < -0.4 is 10.5 Å². The van der Waals surface area contributed by atoms with Crippen molar-refractivity contribution in [1.29, 1.82) is 0 Å². The minimum absolute atomic E-state index is 0.0977. The molecule has 1 aromatic heterocycles. The average molecular weight is 291 g/mol. The average Bonchev–Trinajstić information content (AvgIpc) is 2.92. The van der Waals surface area contributed by atoms with Crippen LogP contribution in [-0.2, 0) is 19.7 Å². The molecule has 8 heteroatoms. The van der Waals surface area contributed by atoms with Gasteiger partial charge in [0.15, 0.2) is 11.6 Å². The number of nitrogens with zero attached hydrogens (tertiary/aromatic N) is 4. The third kappa shape index (κ3) is 3.54. The molecule has 1 heterocycles. The molecule has 21 heavy (non-hydrogen) atoms. The zero-order valence-electron chi connectivity index (χ0n) is 11.7. The van der Waals surface area contributed by atoms with Gasteiger partial charge in [-0.3, -0.25) is 10.1 Å². The molecular weight excluding hydrogens is 274 g/mol. The summed E-state index contributed by atoms with van der Waals surface area (Å²) >= 11 is 0. The first-order valence-electron chi connectivity index (χ1n) is 6.62. The molecule has 0 saturated heterocycles. The Morgan fingerprint density at radius 1 is 1.48 bits per heavy atom. The fraction of sp³-hybridized carbons (Fsp3) is 0.385. The van der Waals surface area contributed by atoms with Gasteiger partial charge in [-0.25, -0.2) is 9.67 Å². The Morgan fingerprint density at radius 3 is 2.95 bits per heavy atom. The Hall–Kier alpha value is -2.48. The summed E-state index contributed by atoms with van der Waals surface area (Å²) in [4.78, 5) is 14.7. The van der Waals surface area contributed by atoms with Crippen LogP contribution in [0.15, 0.2) is 24.5 Å². The maximum absolute atomic E-state index is 11.1. The predicted molar refractivity (Wildman–Crippen MR) is 75.6 cm³/mol. The van der Waals surface area contributed by atoms with Gasteiger partial charge in [0.1, 0.15) is 12.9 Å². The van der Waals surface area contributed by atoms with Crippen molar-refractivity contribution in [3.8, 4) is 5.75 Å². The van der Waals surface area contributed by atoms with Crippen LogP contribution in [0.1, 0.15) is 24.7 Å². The number of nitro groups is 1. The molecule has 112 valence electrons. The topological polar surface area (TPSA) is 109 Å². The van der Waals surface area contributed by atoms with Crippen LogP contribution in [0.25, 0.3) is 0 Å². The van der Waals surface area contributed by atoms with Crippen molar-refractivity contribution in [3.05, 3.63) is 46.0 Å². The van der Waals surface area contributed by atoms with Crippen LogP contribution in [0.2, 0.25) is 0 Å². The molecular formula is C13H17N5O3. The lowest BCUT2D eigenvalue weighted by molar-refractivity contribution is -0.386. The van der Waals surface area contributed by atoms with Gasteiger partial charge in [-0.05, 0) is 18.1 Å². The highest BCUT2D eigenvalue weighted by Crippen LogP contribution is 2.28. The molecule has 0 unspecified atom stereocenters. The van der Waals surface area contributed by atoms with E-state index in [1.165, 1.54) is 12.4 Å². The quantitative estimate of drug-likeness (QED) is 0.613. The van der Waals surface area contributed by atoms with E-state index in [1.807, 2.05) is 6.92 Å². The molecule has 0 fully saturated rings. The van der Waals surface area contributed by atoms with Crippen molar-refractivity contribution in [3.63, 3.8) is 0 Å². The molecule has 0 radical (unpaired) electrons. The van der Waals surface area contributed by atoms with Crippen LogP contribution >= 0.6 is 0 Å². The summed E-state index contributed by atoms with van der Waals surface area (Å²) in [5.41, 5.74) is 6.07. The maximum Gasteiger partial charge on any atom is 0.311 e. The first-order valence-corrected chi connectivity index (χ1v) is 6.62. The Labute approximate surface area is 121 Å². The van der Waals surface area contributed by atoms with Gasteiger partial charge in [0.2, 0.25) is 0 Å². The second-order valence-corrected chi connectivity index (χ2v) is 4.45. The van der Waals surface area contributed by atoms with Gasteiger partial charge < -0.3 is 10.5 Å². The lowest BCUT2D eigenvalue weighted by Crippen LogP contribution is -2.09. The molecule has 8 nitrogen and oxygen atoms in total. The third-order valence-electron chi connectivity index (χ3n) is 2.94. The molecule has 0 bridgehead atoms. The highest BCUT2D eigenvalue weighted by atomic mass is 16.6. The number of ether oxygens (including phenoxy) is 1. The largest absolute Gasteiger partial charge is 0.479 e. The van der Waals surface area contributed by atoms with Gasteiger partial charge in [-0.2, -0.15) is 5.10 Å². The van der Waals surface area contributed by atoms with E-state index in [1.54, 1.807) is 16.8 Å². The first kappa shape index (κ1) is 14.9. The lowest BCUT2D eigenvalue weighted by atomic mass is 10.2. The molecule has 0 aliphatic heterocycles. The number of hydrogen-bond acceptors (Lipinski definition) is 6. The van der Waals surface area contributed by atoms with Crippen LogP contribution in [0.5, 0.6) is 5.75 Å². The van der Waals surface area contributed by atoms with Crippen LogP contribution in [-0.4, -0.2) is 19.7 Å². The SMILES string of the molecule is CCCn1ncnc1COc1ccc(CN)cc1[N+](=O)[O-]. The van der Waals surface area contributed by atoms with Crippen LogP contribution in [0.3, 0.4) is 0 Å². The van der Waals surface area contributed by atoms with E-state index >= 15 is 0 Å². The normalized spacial score (nSPS) is 10.6. The van der Waals surface area contributed by atoms with Gasteiger partial charge in [0.05, 0.1) is 4.92 Å². The molecule has 0 spiro atoms. The molecule has 2 aromatic rings. The minimum atomic E-state index is -0.481. The Morgan fingerprint density at radius 2 is 2.29 bits per heavy atom. The number of benzene rings is 1. The summed E-state index contributed by atoms with van der Waals surface area (Å²) in [7, 11) is 0. The van der Waals surface area contributed by atoms with E-state index < -0.39 is 4.92 Å². The second-order valence-electron chi connectivity index (χ2n) is 4.45. The zero-order chi connectivity index (χ0) is 15.2. The number of nitrogens with two attached hydrogens (primary N) is 1. The monoisotopic (exact) mass is 291 g/mol. The van der Waals surface area contributed by atoms with Crippen molar-refractivity contribution in [2.24, 2.45) is 5.73 Å². The van der Waals surface area contributed by atoms with E-state index in [4.69, 9.17) is 10.5 Å². The van der Waals surface area contributed by atoms with Crippen molar-refractivity contribution in [2.75, 3.05) is 0 Å². The van der Waals surface area contributed by atoms with Crippen LogP contribution in [0.4, 0.5) is 5.69 Å². The molecule has 1 aromatic carbocycles. The van der Waals surface area contributed by atoms with Gasteiger partial charge in [-0.1, -0.05) is 13.0 Å². The minimum Gasteiger partial charge on any atom is -0.479 e. The maximum atomic E-state index is 11.1. The molecule has 0 aliphatic carbocycles. The van der Waals surface area contributed by atoms with E-state index in [9.17, 15) is 10.1 Å². The number of nitro benzene ring substituents is 1. The molecule has 0 saturated carbocycles. The Kier molecular flexibility index (Phi) is 4.83. The number of aromatic nitrogens is 3. The number of rotatable bonds is 7. The summed E-state index contributed by atoms with van der Waals surface area (Å²) in [5.74, 6) is 0.831. The molecule has 0 amide bonds. The van der Waals surface area contributed by atoms with Gasteiger partial charge >= 0.3 is 5.69 Å². The summed E-state index contributed by atoms with van der Waals surface area (Å²) in [5, 5.41) is 15.2. The lowest BCUT2D eigenvalue weighted by Gasteiger charge is -2.08. The Bertz CT molecular complexity index is 626. The van der Waals surface area contributed by atoms with Crippen LogP contribution in [0, 0.1) is 10.1 Å². The fourth-order valence-electron chi connectivity index (χ4n) is 1.90. The molecule has 2 N–H and O–H groups in total. The predicted octanol–water partition coefficient (Wildman–Crippen LogP) is 1.63. The number of hydrogen-bond donors (Lipinski definition) is 1. The van der Waals surface area contributed by atoms with Crippen molar-refractivity contribution >= 4 is 5.69 Å². The van der Waals surface area contributed by atoms with Gasteiger partial charge in [0, 0.05) is 19.2 Å². The highest BCUT2D eigenvalue weighted by Gasteiger charge is 2.16.